The molecule has 0 bridgehead atoms. The van der Waals surface area contributed by atoms with Crippen LogP contribution in [-0.2, 0) is 10.1 Å². The van der Waals surface area contributed by atoms with E-state index in [2.05, 4.69) is 10.2 Å². The van der Waals surface area contributed by atoms with Gasteiger partial charge in [-0.1, -0.05) is 41.1 Å². The van der Waals surface area contributed by atoms with Crippen LogP contribution in [0.4, 0.5) is 11.4 Å². The number of rotatable bonds is 3. The van der Waals surface area contributed by atoms with Crippen LogP contribution >= 0.6 is 22.9 Å². The van der Waals surface area contributed by atoms with Crippen LogP contribution in [0.15, 0.2) is 51.5 Å². The SMILES string of the molecule is O=S(=O)(O)c1cccc2c(O)c(N=Nc3cc(O)sc3Cl)ccc12. The Bertz CT molecular complexity index is 1080. The summed E-state index contributed by atoms with van der Waals surface area (Å²) in [6.07, 6.45) is 0. The number of halogens is 1. The molecule has 0 unspecified atom stereocenters. The van der Waals surface area contributed by atoms with E-state index in [0.717, 1.165) is 11.3 Å². The first-order valence-corrected chi connectivity index (χ1v) is 9.03. The van der Waals surface area contributed by atoms with Gasteiger partial charge in [0, 0.05) is 16.8 Å². The van der Waals surface area contributed by atoms with Crippen molar-refractivity contribution in [1.82, 2.24) is 0 Å². The van der Waals surface area contributed by atoms with E-state index in [9.17, 15) is 23.2 Å². The fourth-order valence-electron chi connectivity index (χ4n) is 2.13. The van der Waals surface area contributed by atoms with Gasteiger partial charge in [-0.2, -0.15) is 8.42 Å². The molecule has 0 radical (unpaired) electrons. The highest BCUT2D eigenvalue weighted by molar-refractivity contribution is 7.86. The molecule has 3 N–H and O–H groups in total. The van der Waals surface area contributed by atoms with Gasteiger partial charge in [0.25, 0.3) is 10.1 Å². The van der Waals surface area contributed by atoms with E-state index < -0.39 is 10.1 Å². The number of azo groups is 1. The van der Waals surface area contributed by atoms with Gasteiger partial charge in [-0.25, -0.2) is 0 Å². The second-order valence-corrected chi connectivity index (χ2v) is 7.73. The van der Waals surface area contributed by atoms with Gasteiger partial charge in [0.15, 0.2) is 10.8 Å². The van der Waals surface area contributed by atoms with Gasteiger partial charge in [-0.15, -0.1) is 10.2 Å². The van der Waals surface area contributed by atoms with Gasteiger partial charge in [-0.05, 0) is 12.1 Å². The summed E-state index contributed by atoms with van der Waals surface area (Å²) < 4.78 is 32.3. The lowest BCUT2D eigenvalue weighted by molar-refractivity contribution is 0.482. The van der Waals surface area contributed by atoms with Crippen molar-refractivity contribution in [2.45, 2.75) is 4.90 Å². The highest BCUT2D eigenvalue weighted by Gasteiger charge is 2.16. The van der Waals surface area contributed by atoms with E-state index in [4.69, 9.17) is 11.6 Å². The summed E-state index contributed by atoms with van der Waals surface area (Å²) in [6.45, 7) is 0. The maximum absolute atomic E-state index is 11.4. The van der Waals surface area contributed by atoms with Crippen LogP contribution in [0, 0.1) is 0 Å². The maximum Gasteiger partial charge on any atom is 0.295 e. The molecule has 0 atom stereocenters. The standard InChI is InChI=1S/C14H9ClN2O5S2/c15-14-10(6-12(18)23-14)17-16-9-5-4-7-8(13(9)19)2-1-3-11(7)24(20,21)22/h1-6,18-19H,(H,20,21,22). The lowest BCUT2D eigenvalue weighted by Crippen LogP contribution is -1.98. The Hall–Kier alpha value is -2.20. The predicted molar refractivity (Wildman–Crippen MR) is 90.6 cm³/mol. The third-order valence-electron chi connectivity index (χ3n) is 3.17. The zero-order valence-electron chi connectivity index (χ0n) is 11.7. The number of phenols is 1. The molecule has 0 aliphatic rings. The average molecular weight is 385 g/mol. The van der Waals surface area contributed by atoms with E-state index >= 15 is 0 Å². The Labute approximate surface area is 145 Å². The molecule has 0 saturated carbocycles. The molecule has 0 spiro atoms. The molecule has 124 valence electrons. The zero-order valence-corrected chi connectivity index (χ0v) is 14.1. The number of benzene rings is 2. The predicted octanol–water partition coefficient (Wildman–Crippen LogP) is 4.63. The van der Waals surface area contributed by atoms with Crippen molar-refractivity contribution >= 4 is 55.2 Å². The van der Waals surface area contributed by atoms with Crippen LogP contribution < -0.4 is 0 Å². The first kappa shape index (κ1) is 16.7. The monoisotopic (exact) mass is 384 g/mol. The summed E-state index contributed by atoms with van der Waals surface area (Å²) >= 11 is 6.79. The molecule has 0 amide bonds. The molecule has 3 aromatic rings. The summed E-state index contributed by atoms with van der Waals surface area (Å²) in [6, 6.07) is 8.19. The van der Waals surface area contributed by atoms with Crippen molar-refractivity contribution in [1.29, 1.82) is 0 Å². The van der Waals surface area contributed by atoms with Gasteiger partial charge < -0.3 is 10.2 Å². The largest absolute Gasteiger partial charge is 0.505 e. The van der Waals surface area contributed by atoms with Crippen LogP contribution in [0.2, 0.25) is 4.34 Å². The Morgan fingerprint density at radius 2 is 1.71 bits per heavy atom. The van der Waals surface area contributed by atoms with Crippen LogP contribution in [0.3, 0.4) is 0 Å². The van der Waals surface area contributed by atoms with Crippen molar-refractivity contribution in [3.63, 3.8) is 0 Å². The molecule has 1 aromatic heterocycles. The molecule has 0 aliphatic carbocycles. The minimum Gasteiger partial charge on any atom is -0.505 e. The first-order chi connectivity index (χ1) is 11.3. The van der Waals surface area contributed by atoms with Crippen molar-refractivity contribution in [3.8, 4) is 10.8 Å². The Morgan fingerprint density at radius 1 is 1.00 bits per heavy atom. The molecular weight excluding hydrogens is 376 g/mol. The zero-order chi connectivity index (χ0) is 17.5. The summed E-state index contributed by atoms with van der Waals surface area (Å²) in [5, 5.41) is 27.7. The molecule has 3 rings (SSSR count). The van der Waals surface area contributed by atoms with Crippen molar-refractivity contribution in [3.05, 3.63) is 40.7 Å². The van der Waals surface area contributed by atoms with E-state index in [0.29, 0.717) is 0 Å². The van der Waals surface area contributed by atoms with Gasteiger partial charge in [0.1, 0.15) is 20.6 Å². The van der Waals surface area contributed by atoms with Gasteiger partial charge >= 0.3 is 0 Å². The highest BCUT2D eigenvalue weighted by Crippen LogP contribution is 2.41. The summed E-state index contributed by atoms with van der Waals surface area (Å²) in [5.74, 6) is -0.294. The second kappa shape index (κ2) is 6.02. The van der Waals surface area contributed by atoms with Crippen LogP contribution in [0.5, 0.6) is 10.8 Å². The molecule has 0 fully saturated rings. The van der Waals surface area contributed by atoms with Crippen molar-refractivity contribution in [2.24, 2.45) is 10.2 Å². The average Bonchev–Trinajstić information content (AvgIpc) is 2.83. The smallest absolute Gasteiger partial charge is 0.295 e. The van der Waals surface area contributed by atoms with E-state index in [1.54, 1.807) is 0 Å². The number of phenolic OH excluding ortho intramolecular Hbond substituents is 1. The Morgan fingerprint density at radius 3 is 2.33 bits per heavy atom. The van der Waals surface area contributed by atoms with Crippen molar-refractivity contribution < 1.29 is 23.2 Å². The number of thiophene rings is 1. The minimum atomic E-state index is -4.43. The normalized spacial score (nSPS) is 12.2. The highest BCUT2D eigenvalue weighted by atomic mass is 35.5. The third kappa shape index (κ3) is 3.06. The molecule has 7 nitrogen and oxygen atoms in total. The lowest BCUT2D eigenvalue weighted by Gasteiger charge is -2.07. The fraction of sp³-hybridized carbons (Fsp3) is 0. The lowest BCUT2D eigenvalue weighted by atomic mass is 10.1. The molecule has 1 heterocycles. The summed E-state index contributed by atoms with van der Waals surface area (Å²) in [4.78, 5) is -0.315. The topological polar surface area (TPSA) is 120 Å². The van der Waals surface area contributed by atoms with Crippen LogP contribution in [0.25, 0.3) is 10.8 Å². The molecule has 2 aromatic carbocycles. The third-order valence-corrected chi connectivity index (χ3v) is 5.22. The van der Waals surface area contributed by atoms with E-state index in [1.807, 2.05) is 0 Å². The summed E-state index contributed by atoms with van der Waals surface area (Å²) in [7, 11) is -4.43. The molecule has 0 saturated heterocycles. The van der Waals surface area contributed by atoms with Gasteiger partial charge in [0.05, 0.1) is 0 Å². The number of hydrogen-bond donors (Lipinski definition) is 3. The molecule has 24 heavy (non-hydrogen) atoms. The number of hydrogen-bond acceptors (Lipinski definition) is 7. The molecule has 0 aliphatic heterocycles. The Kier molecular flexibility index (Phi) is 4.18. The first-order valence-electron chi connectivity index (χ1n) is 6.39. The van der Waals surface area contributed by atoms with E-state index in [-0.39, 0.29) is 42.2 Å². The quantitative estimate of drug-likeness (QED) is 0.449. The molecular formula is C14H9ClN2O5S2. The van der Waals surface area contributed by atoms with Crippen LogP contribution in [0.1, 0.15) is 0 Å². The second-order valence-electron chi connectivity index (χ2n) is 4.70. The van der Waals surface area contributed by atoms with Crippen LogP contribution in [-0.4, -0.2) is 23.2 Å². The summed E-state index contributed by atoms with van der Waals surface area (Å²) in [5.41, 5.74) is 0.321. The number of aromatic hydroxyl groups is 2. The maximum atomic E-state index is 11.4. The van der Waals surface area contributed by atoms with Crippen molar-refractivity contribution in [2.75, 3.05) is 0 Å². The number of nitrogens with zero attached hydrogens (tertiary/aromatic N) is 2. The van der Waals surface area contributed by atoms with Gasteiger partial charge in [-0.3, -0.25) is 4.55 Å². The van der Waals surface area contributed by atoms with Gasteiger partial charge in [0.2, 0.25) is 0 Å². The Balaban J connectivity index is 2.12. The molecule has 10 heteroatoms. The fourth-order valence-corrected chi connectivity index (χ4v) is 3.72. The number of fused-ring (bicyclic) bond motifs is 1. The minimum absolute atomic E-state index is 0.0190. The van der Waals surface area contributed by atoms with E-state index in [1.165, 1.54) is 36.4 Å².